The highest BCUT2D eigenvalue weighted by Crippen LogP contribution is 2.13. The van der Waals surface area contributed by atoms with E-state index in [0.29, 0.717) is 31.2 Å². The van der Waals surface area contributed by atoms with Crippen LogP contribution in [0.2, 0.25) is 5.02 Å². The van der Waals surface area contributed by atoms with Crippen LogP contribution in [0, 0.1) is 0 Å². The predicted molar refractivity (Wildman–Crippen MR) is 70.4 cm³/mol. The van der Waals surface area contributed by atoms with Gasteiger partial charge in [-0.1, -0.05) is 23.7 Å². The van der Waals surface area contributed by atoms with Gasteiger partial charge >= 0.3 is 0 Å². The summed E-state index contributed by atoms with van der Waals surface area (Å²) in [6, 6.07) is 7.50. The third kappa shape index (κ3) is 3.45. The number of carbonyl (C=O) groups excluding carboxylic acids is 1. The van der Waals surface area contributed by atoms with Gasteiger partial charge in [0.1, 0.15) is 0 Å². The van der Waals surface area contributed by atoms with E-state index < -0.39 is 0 Å². The van der Waals surface area contributed by atoms with Crippen molar-refractivity contribution in [2.45, 2.75) is 12.6 Å². The van der Waals surface area contributed by atoms with Crippen molar-refractivity contribution in [2.75, 3.05) is 26.7 Å². The van der Waals surface area contributed by atoms with Crippen LogP contribution in [0.15, 0.2) is 24.3 Å². The predicted octanol–water partition coefficient (Wildman–Crippen LogP) is 0.975. The highest BCUT2D eigenvalue weighted by Gasteiger charge is 2.26. The summed E-state index contributed by atoms with van der Waals surface area (Å²) in [6.45, 7) is 2.11. The smallest absolute Gasteiger partial charge is 0.236 e. The molecule has 0 atom stereocenters. The number of rotatable bonds is 4. The molecule has 0 unspecified atom stereocenters. The van der Waals surface area contributed by atoms with E-state index in [4.69, 9.17) is 16.7 Å². The molecule has 1 saturated heterocycles. The van der Waals surface area contributed by atoms with Gasteiger partial charge in [0.05, 0.1) is 12.6 Å². The topological polar surface area (TPSA) is 43.8 Å². The number of aliphatic hydroxyl groups is 1. The van der Waals surface area contributed by atoms with E-state index in [-0.39, 0.29) is 12.0 Å². The normalized spacial score (nSPS) is 16.4. The summed E-state index contributed by atoms with van der Waals surface area (Å²) in [5, 5.41) is 9.83. The molecule has 0 spiro atoms. The molecule has 1 aliphatic heterocycles. The van der Waals surface area contributed by atoms with Gasteiger partial charge in [-0.25, -0.2) is 0 Å². The number of hydrogen-bond acceptors (Lipinski definition) is 3. The van der Waals surface area contributed by atoms with Crippen LogP contribution in [0.5, 0.6) is 0 Å². The highest BCUT2D eigenvalue weighted by molar-refractivity contribution is 6.30. The Labute approximate surface area is 112 Å². The molecule has 1 heterocycles. The molecule has 18 heavy (non-hydrogen) atoms. The van der Waals surface area contributed by atoms with Crippen molar-refractivity contribution in [1.82, 2.24) is 9.80 Å². The highest BCUT2D eigenvalue weighted by atomic mass is 35.5. The first-order valence-electron chi connectivity index (χ1n) is 5.93. The number of halogens is 1. The molecule has 0 radical (unpaired) electrons. The molecule has 4 nitrogen and oxygen atoms in total. The first kappa shape index (κ1) is 13.3. The van der Waals surface area contributed by atoms with Gasteiger partial charge in [0.2, 0.25) is 5.91 Å². The molecular formula is C13H17ClN2O2. The second-order valence-corrected chi connectivity index (χ2v) is 5.16. The Kier molecular flexibility index (Phi) is 4.22. The van der Waals surface area contributed by atoms with Crippen LogP contribution in [0.25, 0.3) is 0 Å². The van der Waals surface area contributed by atoms with Crippen molar-refractivity contribution in [2.24, 2.45) is 0 Å². The Morgan fingerprint density at radius 1 is 1.56 bits per heavy atom. The van der Waals surface area contributed by atoms with E-state index in [1.54, 1.807) is 11.9 Å². The molecule has 1 amide bonds. The number of amides is 1. The Morgan fingerprint density at radius 3 is 2.89 bits per heavy atom. The van der Waals surface area contributed by atoms with Gasteiger partial charge in [-0.3, -0.25) is 9.69 Å². The Morgan fingerprint density at radius 2 is 2.28 bits per heavy atom. The largest absolute Gasteiger partial charge is 0.390 e. The second kappa shape index (κ2) is 5.69. The van der Waals surface area contributed by atoms with E-state index in [1.807, 2.05) is 29.2 Å². The zero-order chi connectivity index (χ0) is 13.1. The van der Waals surface area contributed by atoms with Crippen LogP contribution in [0.1, 0.15) is 5.56 Å². The number of aliphatic hydroxyl groups excluding tert-OH is 1. The van der Waals surface area contributed by atoms with Crippen molar-refractivity contribution in [3.63, 3.8) is 0 Å². The Hall–Kier alpha value is -1.10. The lowest BCUT2D eigenvalue weighted by atomic mass is 10.1. The van der Waals surface area contributed by atoms with Crippen LogP contribution in [-0.4, -0.2) is 53.6 Å². The molecule has 0 aliphatic carbocycles. The number of likely N-dealkylation sites (tertiary alicyclic amines) is 1. The molecule has 2 rings (SSSR count). The minimum atomic E-state index is -0.268. The van der Waals surface area contributed by atoms with E-state index in [1.165, 1.54) is 0 Å². The average Bonchev–Trinajstić information content (AvgIpc) is 2.26. The summed E-state index contributed by atoms with van der Waals surface area (Å²) in [5.74, 6) is 0.0573. The number of likely N-dealkylation sites (N-methyl/N-ethyl adjacent to an activating group) is 1. The van der Waals surface area contributed by atoms with E-state index >= 15 is 0 Å². The zero-order valence-electron chi connectivity index (χ0n) is 10.3. The third-order valence-electron chi connectivity index (χ3n) is 3.03. The molecule has 1 aromatic rings. The lowest BCUT2D eigenvalue weighted by Crippen LogP contribution is -2.53. The number of nitrogens with zero attached hydrogens (tertiary/aromatic N) is 2. The van der Waals surface area contributed by atoms with E-state index in [0.717, 1.165) is 5.56 Å². The molecule has 1 N–H and O–H groups in total. The fourth-order valence-electron chi connectivity index (χ4n) is 1.98. The SMILES string of the molecule is CN(Cc1cccc(Cl)c1)C(=O)CN1CC(O)C1. The Bertz CT molecular complexity index is 433. The second-order valence-electron chi connectivity index (χ2n) is 4.73. The monoisotopic (exact) mass is 268 g/mol. The van der Waals surface area contributed by atoms with Crippen molar-refractivity contribution in [3.8, 4) is 0 Å². The van der Waals surface area contributed by atoms with Crippen LogP contribution in [0.3, 0.4) is 0 Å². The maximum atomic E-state index is 11.9. The maximum Gasteiger partial charge on any atom is 0.236 e. The van der Waals surface area contributed by atoms with Crippen LogP contribution >= 0.6 is 11.6 Å². The lowest BCUT2D eigenvalue weighted by Gasteiger charge is -2.36. The third-order valence-corrected chi connectivity index (χ3v) is 3.27. The summed E-state index contributed by atoms with van der Waals surface area (Å²) < 4.78 is 0. The number of hydrogen-bond donors (Lipinski definition) is 1. The zero-order valence-corrected chi connectivity index (χ0v) is 11.1. The maximum absolute atomic E-state index is 11.9. The van der Waals surface area contributed by atoms with Crippen LogP contribution < -0.4 is 0 Å². The molecule has 98 valence electrons. The van der Waals surface area contributed by atoms with E-state index in [9.17, 15) is 4.79 Å². The number of benzene rings is 1. The van der Waals surface area contributed by atoms with Gasteiger partial charge in [0.25, 0.3) is 0 Å². The van der Waals surface area contributed by atoms with Crippen LogP contribution in [-0.2, 0) is 11.3 Å². The van der Waals surface area contributed by atoms with E-state index in [2.05, 4.69) is 0 Å². The van der Waals surface area contributed by atoms with Gasteiger partial charge in [-0.15, -0.1) is 0 Å². The molecule has 1 aliphatic rings. The fraction of sp³-hybridized carbons (Fsp3) is 0.462. The number of β-amino-alcohol motifs (C(OH)–C–C–N with tert-alkyl or cyclic N) is 1. The van der Waals surface area contributed by atoms with Gasteiger partial charge < -0.3 is 10.0 Å². The molecule has 5 heteroatoms. The summed E-state index contributed by atoms with van der Waals surface area (Å²) in [6.07, 6.45) is -0.268. The Balaban J connectivity index is 1.83. The quantitative estimate of drug-likeness (QED) is 0.885. The summed E-state index contributed by atoms with van der Waals surface area (Å²) in [5.41, 5.74) is 1.02. The standard InChI is InChI=1S/C13H17ClN2O2/c1-15(6-10-3-2-4-11(14)5-10)13(18)9-16-7-12(17)8-16/h2-5,12,17H,6-9H2,1H3. The van der Waals surface area contributed by atoms with Gasteiger partial charge in [0.15, 0.2) is 0 Å². The molecule has 1 aromatic carbocycles. The first-order valence-corrected chi connectivity index (χ1v) is 6.31. The molecule has 0 bridgehead atoms. The molecule has 0 saturated carbocycles. The van der Waals surface area contributed by atoms with Crippen molar-refractivity contribution in [1.29, 1.82) is 0 Å². The summed E-state index contributed by atoms with van der Waals surface area (Å²) in [7, 11) is 1.78. The van der Waals surface area contributed by atoms with Crippen LogP contribution in [0.4, 0.5) is 0 Å². The lowest BCUT2D eigenvalue weighted by molar-refractivity contribution is -0.134. The van der Waals surface area contributed by atoms with Gasteiger partial charge in [-0.2, -0.15) is 0 Å². The molecule has 1 fully saturated rings. The minimum Gasteiger partial charge on any atom is -0.390 e. The van der Waals surface area contributed by atoms with Crippen molar-refractivity contribution < 1.29 is 9.90 Å². The van der Waals surface area contributed by atoms with Gasteiger partial charge in [0, 0.05) is 31.7 Å². The first-order chi connectivity index (χ1) is 8.54. The summed E-state index contributed by atoms with van der Waals surface area (Å²) >= 11 is 5.90. The molecular weight excluding hydrogens is 252 g/mol. The van der Waals surface area contributed by atoms with Crippen molar-refractivity contribution >= 4 is 17.5 Å². The van der Waals surface area contributed by atoms with Gasteiger partial charge in [-0.05, 0) is 17.7 Å². The van der Waals surface area contributed by atoms with Crippen molar-refractivity contribution in [3.05, 3.63) is 34.9 Å². The molecule has 0 aromatic heterocycles. The fourth-order valence-corrected chi connectivity index (χ4v) is 2.19. The average molecular weight is 269 g/mol. The summed E-state index contributed by atoms with van der Waals surface area (Å²) in [4.78, 5) is 15.5. The number of carbonyl (C=O) groups is 1. The minimum absolute atomic E-state index is 0.0573.